The number of carbonyl (C=O) groups is 1. The van der Waals surface area contributed by atoms with Crippen molar-refractivity contribution in [2.75, 3.05) is 0 Å². The first kappa shape index (κ1) is 7.27. The number of aromatic nitrogens is 3. The summed E-state index contributed by atoms with van der Waals surface area (Å²) in [6.07, 6.45) is 3.95. The molecule has 0 atom stereocenters. The summed E-state index contributed by atoms with van der Waals surface area (Å²) in [6.45, 7) is 0. The van der Waals surface area contributed by atoms with Gasteiger partial charge >= 0.3 is 5.97 Å². The molecule has 0 amide bonds. The van der Waals surface area contributed by atoms with Crippen LogP contribution in [-0.4, -0.2) is 26.1 Å². The SMILES string of the molecule is O=C(O)Cc1cn(C2CC2)nn1. The standard InChI is InChI=1S/C7H9N3O2/c11-7(12)3-5-4-10(9-8-5)6-1-2-6/h4,6H,1-3H2,(H,11,12). The second-order valence-electron chi connectivity index (χ2n) is 2.99. The lowest BCUT2D eigenvalue weighted by Gasteiger charge is -1.90. The van der Waals surface area contributed by atoms with Gasteiger partial charge in [0.15, 0.2) is 0 Å². The Kier molecular flexibility index (Phi) is 1.56. The molecule has 0 unspecified atom stereocenters. The molecule has 0 radical (unpaired) electrons. The average Bonchev–Trinajstić information content (AvgIpc) is 2.73. The van der Waals surface area contributed by atoms with Gasteiger partial charge in [-0.05, 0) is 12.8 Å². The van der Waals surface area contributed by atoms with Gasteiger partial charge in [-0.15, -0.1) is 5.10 Å². The van der Waals surface area contributed by atoms with Gasteiger partial charge in [0.1, 0.15) is 0 Å². The highest BCUT2D eigenvalue weighted by Gasteiger charge is 2.24. The van der Waals surface area contributed by atoms with Gasteiger partial charge in [-0.3, -0.25) is 4.79 Å². The maximum atomic E-state index is 10.3. The first-order valence-electron chi connectivity index (χ1n) is 3.88. The molecule has 64 valence electrons. The van der Waals surface area contributed by atoms with Crippen molar-refractivity contribution in [3.8, 4) is 0 Å². The van der Waals surface area contributed by atoms with Crippen LogP contribution in [0.25, 0.3) is 0 Å². The van der Waals surface area contributed by atoms with Crippen molar-refractivity contribution in [3.63, 3.8) is 0 Å². The van der Waals surface area contributed by atoms with Crippen molar-refractivity contribution in [3.05, 3.63) is 11.9 Å². The lowest BCUT2D eigenvalue weighted by atomic mass is 10.3. The number of aliphatic carboxylic acids is 1. The summed E-state index contributed by atoms with van der Waals surface area (Å²) in [7, 11) is 0. The normalized spacial score (nSPS) is 16.3. The zero-order chi connectivity index (χ0) is 8.55. The lowest BCUT2D eigenvalue weighted by molar-refractivity contribution is -0.136. The molecule has 1 aromatic heterocycles. The van der Waals surface area contributed by atoms with Gasteiger partial charge in [0, 0.05) is 6.20 Å². The number of hydrogen-bond acceptors (Lipinski definition) is 3. The third kappa shape index (κ3) is 1.44. The minimum Gasteiger partial charge on any atom is -0.481 e. The average molecular weight is 167 g/mol. The topological polar surface area (TPSA) is 68.0 Å². The molecule has 5 heteroatoms. The molecule has 1 aliphatic rings. The van der Waals surface area contributed by atoms with Crippen LogP contribution in [0.2, 0.25) is 0 Å². The molecule has 1 aliphatic carbocycles. The van der Waals surface area contributed by atoms with E-state index in [0.29, 0.717) is 11.7 Å². The van der Waals surface area contributed by atoms with Crippen LogP contribution in [-0.2, 0) is 11.2 Å². The molecule has 0 aromatic carbocycles. The van der Waals surface area contributed by atoms with Crippen molar-refractivity contribution in [1.82, 2.24) is 15.0 Å². The van der Waals surface area contributed by atoms with Crippen LogP contribution in [0.15, 0.2) is 6.20 Å². The fraction of sp³-hybridized carbons (Fsp3) is 0.571. The summed E-state index contributed by atoms with van der Waals surface area (Å²) in [5.74, 6) is -0.863. The molecule has 1 heterocycles. The molecule has 12 heavy (non-hydrogen) atoms. The van der Waals surface area contributed by atoms with Crippen molar-refractivity contribution < 1.29 is 9.90 Å². The summed E-state index contributed by atoms with van der Waals surface area (Å²) in [5, 5.41) is 16.0. The predicted molar refractivity (Wildman–Crippen MR) is 39.6 cm³/mol. The quantitative estimate of drug-likeness (QED) is 0.700. The van der Waals surface area contributed by atoms with E-state index in [1.807, 2.05) is 0 Å². The van der Waals surface area contributed by atoms with Crippen molar-refractivity contribution in [2.24, 2.45) is 0 Å². The van der Waals surface area contributed by atoms with Crippen LogP contribution < -0.4 is 0 Å². The molecule has 1 fully saturated rings. The van der Waals surface area contributed by atoms with E-state index in [4.69, 9.17) is 5.11 Å². The van der Waals surface area contributed by atoms with Gasteiger partial charge in [0.2, 0.25) is 0 Å². The monoisotopic (exact) mass is 167 g/mol. The van der Waals surface area contributed by atoms with E-state index in [0.717, 1.165) is 12.8 Å². The Labute approximate surface area is 69.0 Å². The Bertz CT molecular complexity index is 303. The molecule has 1 aromatic rings. The number of nitrogens with zero attached hydrogens (tertiary/aromatic N) is 3. The van der Waals surface area contributed by atoms with Gasteiger partial charge in [0.05, 0.1) is 18.2 Å². The summed E-state index contributed by atoms with van der Waals surface area (Å²) < 4.78 is 1.75. The minimum absolute atomic E-state index is 0.0350. The number of hydrogen-bond donors (Lipinski definition) is 1. The third-order valence-corrected chi connectivity index (χ3v) is 1.81. The number of carboxylic acids is 1. The van der Waals surface area contributed by atoms with Crippen molar-refractivity contribution in [1.29, 1.82) is 0 Å². The second-order valence-corrected chi connectivity index (χ2v) is 2.99. The molecule has 2 rings (SSSR count). The minimum atomic E-state index is -0.863. The van der Waals surface area contributed by atoms with E-state index in [-0.39, 0.29) is 6.42 Å². The molecular formula is C7H9N3O2. The molecule has 1 saturated carbocycles. The Morgan fingerprint density at radius 2 is 2.50 bits per heavy atom. The van der Waals surface area contributed by atoms with Gasteiger partial charge in [-0.25, -0.2) is 4.68 Å². The Balaban J connectivity index is 2.07. The largest absolute Gasteiger partial charge is 0.481 e. The lowest BCUT2D eigenvalue weighted by Crippen LogP contribution is -1.99. The van der Waals surface area contributed by atoms with Crippen LogP contribution in [0.3, 0.4) is 0 Å². The van der Waals surface area contributed by atoms with E-state index >= 15 is 0 Å². The number of rotatable bonds is 3. The highest BCUT2D eigenvalue weighted by Crippen LogP contribution is 2.33. The highest BCUT2D eigenvalue weighted by atomic mass is 16.4. The van der Waals surface area contributed by atoms with Crippen molar-refractivity contribution in [2.45, 2.75) is 25.3 Å². The van der Waals surface area contributed by atoms with Crippen molar-refractivity contribution >= 4 is 5.97 Å². The Morgan fingerprint density at radius 3 is 3.08 bits per heavy atom. The molecule has 0 spiro atoms. The molecule has 1 N–H and O–H groups in total. The first-order valence-corrected chi connectivity index (χ1v) is 3.88. The zero-order valence-corrected chi connectivity index (χ0v) is 6.47. The second kappa shape index (κ2) is 2.58. The Morgan fingerprint density at radius 1 is 1.75 bits per heavy atom. The summed E-state index contributed by atoms with van der Waals surface area (Å²) in [5.41, 5.74) is 0.536. The van der Waals surface area contributed by atoms with Gasteiger partial charge in [-0.2, -0.15) is 0 Å². The van der Waals surface area contributed by atoms with E-state index in [2.05, 4.69) is 10.3 Å². The van der Waals surface area contributed by atoms with E-state index < -0.39 is 5.97 Å². The van der Waals surface area contributed by atoms with Crippen LogP contribution in [0, 0.1) is 0 Å². The molecular weight excluding hydrogens is 158 g/mol. The van der Waals surface area contributed by atoms with E-state index in [1.165, 1.54) is 0 Å². The van der Waals surface area contributed by atoms with Crippen LogP contribution in [0.1, 0.15) is 24.6 Å². The summed E-state index contributed by atoms with van der Waals surface area (Å²) >= 11 is 0. The molecule has 0 bridgehead atoms. The van der Waals surface area contributed by atoms with Gasteiger partial charge in [-0.1, -0.05) is 5.21 Å². The molecule has 0 aliphatic heterocycles. The summed E-state index contributed by atoms with van der Waals surface area (Å²) in [6, 6.07) is 0.472. The zero-order valence-electron chi connectivity index (χ0n) is 6.47. The fourth-order valence-corrected chi connectivity index (χ4v) is 1.07. The third-order valence-electron chi connectivity index (χ3n) is 1.81. The first-order chi connectivity index (χ1) is 5.75. The Hall–Kier alpha value is -1.39. The van der Waals surface area contributed by atoms with E-state index in [9.17, 15) is 4.79 Å². The number of carboxylic acid groups (broad SMARTS) is 1. The van der Waals surface area contributed by atoms with Crippen LogP contribution >= 0.6 is 0 Å². The molecule has 5 nitrogen and oxygen atoms in total. The van der Waals surface area contributed by atoms with Gasteiger partial charge < -0.3 is 5.11 Å². The maximum Gasteiger partial charge on any atom is 0.309 e. The predicted octanol–water partition coefficient (Wildman–Crippen LogP) is 0.240. The maximum absolute atomic E-state index is 10.3. The highest BCUT2D eigenvalue weighted by molar-refractivity contribution is 5.69. The molecule has 0 saturated heterocycles. The van der Waals surface area contributed by atoms with Crippen LogP contribution in [0.5, 0.6) is 0 Å². The van der Waals surface area contributed by atoms with E-state index in [1.54, 1.807) is 10.9 Å². The van der Waals surface area contributed by atoms with Crippen LogP contribution in [0.4, 0.5) is 0 Å². The summed E-state index contributed by atoms with van der Waals surface area (Å²) in [4.78, 5) is 10.3. The van der Waals surface area contributed by atoms with Gasteiger partial charge in [0.25, 0.3) is 0 Å². The fourth-order valence-electron chi connectivity index (χ4n) is 1.07. The smallest absolute Gasteiger partial charge is 0.309 e.